The van der Waals surface area contributed by atoms with Gasteiger partial charge in [-0.05, 0) is 66.9 Å². The summed E-state index contributed by atoms with van der Waals surface area (Å²) in [5.74, 6) is 1.28. The van der Waals surface area contributed by atoms with Crippen molar-refractivity contribution in [2.75, 3.05) is 7.11 Å². The Hall–Kier alpha value is -2.57. The third kappa shape index (κ3) is 4.40. The van der Waals surface area contributed by atoms with Crippen LogP contribution in [0.3, 0.4) is 0 Å². The predicted octanol–water partition coefficient (Wildman–Crippen LogP) is 4.30. The SMILES string of the molecule is COc1cccc(CN(Cc2ccco2)S(=O)(=O)c2ccc(C)c(C)c2)c1. The largest absolute Gasteiger partial charge is 0.497 e. The Labute approximate surface area is 160 Å². The molecule has 0 aliphatic rings. The molecule has 3 aromatic rings. The average molecular weight is 385 g/mol. The van der Waals surface area contributed by atoms with Gasteiger partial charge in [0, 0.05) is 6.54 Å². The number of furan rings is 1. The van der Waals surface area contributed by atoms with Crippen LogP contribution >= 0.6 is 0 Å². The number of hydrogen-bond acceptors (Lipinski definition) is 4. The highest BCUT2D eigenvalue weighted by Gasteiger charge is 2.26. The summed E-state index contributed by atoms with van der Waals surface area (Å²) in [6.45, 7) is 4.24. The number of rotatable bonds is 7. The van der Waals surface area contributed by atoms with Crippen molar-refractivity contribution < 1.29 is 17.6 Å². The highest BCUT2D eigenvalue weighted by Crippen LogP contribution is 2.24. The summed E-state index contributed by atoms with van der Waals surface area (Å²) in [4.78, 5) is 0.278. The number of methoxy groups -OCH3 is 1. The van der Waals surface area contributed by atoms with Crippen molar-refractivity contribution in [3.63, 3.8) is 0 Å². The van der Waals surface area contributed by atoms with Crippen LogP contribution in [-0.2, 0) is 23.1 Å². The molecule has 0 fully saturated rings. The second-order valence-electron chi connectivity index (χ2n) is 6.45. The highest BCUT2D eigenvalue weighted by atomic mass is 32.2. The van der Waals surface area contributed by atoms with Gasteiger partial charge >= 0.3 is 0 Å². The van der Waals surface area contributed by atoms with Crippen molar-refractivity contribution in [2.45, 2.75) is 31.8 Å². The van der Waals surface area contributed by atoms with Crippen LogP contribution in [0.1, 0.15) is 22.5 Å². The molecule has 1 aromatic heterocycles. The lowest BCUT2D eigenvalue weighted by atomic mass is 10.1. The summed E-state index contributed by atoms with van der Waals surface area (Å²) in [5, 5.41) is 0. The van der Waals surface area contributed by atoms with Gasteiger partial charge in [-0.25, -0.2) is 8.42 Å². The summed E-state index contributed by atoms with van der Waals surface area (Å²) < 4.78 is 38.7. The van der Waals surface area contributed by atoms with Gasteiger partial charge in [-0.2, -0.15) is 4.31 Å². The third-order valence-electron chi connectivity index (χ3n) is 4.52. The molecular weight excluding hydrogens is 362 g/mol. The molecule has 0 saturated heterocycles. The van der Waals surface area contributed by atoms with Crippen LogP contribution in [0, 0.1) is 13.8 Å². The normalized spacial score (nSPS) is 11.7. The smallest absolute Gasteiger partial charge is 0.243 e. The summed E-state index contributed by atoms with van der Waals surface area (Å²) >= 11 is 0. The Morgan fingerprint density at radius 3 is 2.44 bits per heavy atom. The summed E-state index contributed by atoms with van der Waals surface area (Å²) in [5.41, 5.74) is 2.84. The van der Waals surface area contributed by atoms with Gasteiger partial charge in [0.05, 0.1) is 24.8 Å². The third-order valence-corrected chi connectivity index (χ3v) is 6.31. The van der Waals surface area contributed by atoms with Gasteiger partial charge in [-0.15, -0.1) is 0 Å². The van der Waals surface area contributed by atoms with Gasteiger partial charge in [-0.3, -0.25) is 0 Å². The molecule has 6 heteroatoms. The molecule has 0 aliphatic heterocycles. The van der Waals surface area contributed by atoms with Gasteiger partial charge in [0.15, 0.2) is 0 Å². The molecule has 0 saturated carbocycles. The van der Waals surface area contributed by atoms with Crippen molar-refractivity contribution in [3.8, 4) is 5.75 Å². The second-order valence-corrected chi connectivity index (χ2v) is 8.39. The zero-order valence-electron chi connectivity index (χ0n) is 15.7. The minimum absolute atomic E-state index is 0.152. The minimum atomic E-state index is -3.70. The number of benzene rings is 2. The van der Waals surface area contributed by atoms with E-state index in [1.54, 1.807) is 37.6 Å². The molecule has 0 spiro atoms. The van der Waals surface area contributed by atoms with E-state index in [9.17, 15) is 8.42 Å². The van der Waals surface area contributed by atoms with Gasteiger partial charge in [0.25, 0.3) is 0 Å². The molecule has 0 bridgehead atoms. The molecule has 2 aromatic carbocycles. The van der Waals surface area contributed by atoms with Crippen LogP contribution in [0.15, 0.2) is 70.2 Å². The molecular formula is C21H23NO4S. The van der Waals surface area contributed by atoms with Crippen LogP contribution in [-0.4, -0.2) is 19.8 Å². The Balaban J connectivity index is 1.98. The van der Waals surface area contributed by atoms with E-state index in [1.165, 1.54) is 4.31 Å². The quantitative estimate of drug-likeness (QED) is 0.608. The van der Waals surface area contributed by atoms with Crippen molar-refractivity contribution in [2.24, 2.45) is 0 Å². The summed E-state index contributed by atoms with van der Waals surface area (Å²) in [7, 11) is -2.11. The lowest BCUT2D eigenvalue weighted by Gasteiger charge is -2.22. The van der Waals surface area contributed by atoms with Crippen LogP contribution in [0.2, 0.25) is 0 Å². The van der Waals surface area contributed by atoms with E-state index in [-0.39, 0.29) is 18.0 Å². The first-order valence-electron chi connectivity index (χ1n) is 8.63. The first-order chi connectivity index (χ1) is 12.9. The second kappa shape index (κ2) is 7.98. The van der Waals surface area contributed by atoms with Crippen LogP contribution in [0.25, 0.3) is 0 Å². The Morgan fingerprint density at radius 1 is 0.963 bits per heavy atom. The molecule has 0 atom stereocenters. The maximum Gasteiger partial charge on any atom is 0.243 e. The fourth-order valence-electron chi connectivity index (χ4n) is 2.80. The first-order valence-corrected chi connectivity index (χ1v) is 10.1. The number of ether oxygens (including phenoxy) is 1. The van der Waals surface area contributed by atoms with E-state index in [2.05, 4.69) is 0 Å². The molecule has 0 unspecified atom stereocenters. The molecule has 27 heavy (non-hydrogen) atoms. The lowest BCUT2D eigenvalue weighted by molar-refractivity contribution is 0.357. The lowest BCUT2D eigenvalue weighted by Crippen LogP contribution is -2.30. The molecule has 1 heterocycles. The standard InChI is InChI=1S/C21H23NO4S/c1-16-9-10-21(12-17(16)2)27(23,24)22(15-20-8-5-11-26-20)14-18-6-4-7-19(13-18)25-3/h4-13H,14-15H2,1-3H3. The molecule has 0 radical (unpaired) electrons. The molecule has 5 nitrogen and oxygen atoms in total. The maximum atomic E-state index is 13.3. The van der Waals surface area contributed by atoms with E-state index in [4.69, 9.17) is 9.15 Å². The molecule has 3 rings (SSSR count). The van der Waals surface area contributed by atoms with Crippen molar-refractivity contribution in [1.29, 1.82) is 0 Å². The minimum Gasteiger partial charge on any atom is -0.497 e. The zero-order valence-corrected chi connectivity index (χ0v) is 16.5. The van der Waals surface area contributed by atoms with Crippen LogP contribution in [0.4, 0.5) is 0 Å². The first kappa shape index (κ1) is 19.2. The van der Waals surface area contributed by atoms with Gasteiger partial charge in [-0.1, -0.05) is 18.2 Å². The molecule has 0 aliphatic carbocycles. The Morgan fingerprint density at radius 2 is 1.78 bits per heavy atom. The molecule has 0 N–H and O–H groups in total. The highest BCUT2D eigenvalue weighted by molar-refractivity contribution is 7.89. The Kier molecular flexibility index (Phi) is 5.68. The Bertz CT molecular complexity index is 1010. The summed E-state index contributed by atoms with van der Waals surface area (Å²) in [6.07, 6.45) is 1.54. The summed E-state index contributed by atoms with van der Waals surface area (Å²) in [6, 6.07) is 16.1. The predicted molar refractivity (Wildman–Crippen MR) is 104 cm³/mol. The fourth-order valence-corrected chi connectivity index (χ4v) is 4.28. The van der Waals surface area contributed by atoms with E-state index in [1.807, 2.05) is 44.2 Å². The van der Waals surface area contributed by atoms with Gasteiger partial charge < -0.3 is 9.15 Å². The zero-order chi connectivity index (χ0) is 19.4. The van der Waals surface area contributed by atoms with E-state index in [0.717, 1.165) is 16.7 Å². The molecule has 0 amide bonds. The topological polar surface area (TPSA) is 59.8 Å². The van der Waals surface area contributed by atoms with Crippen molar-refractivity contribution >= 4 is 10.0 Å². The number of nitrogens with zero attached hydrogens (tertiary/aromatic N) is 1. The molecule has 142 valence electrons. The van der Waals surface area contributed by atoms with Crippen LogP contribution in [0.5, 0.6) is 5.75 Å². The maximum absolute atomic E-state index is 13.3. The average Bonchev–Trinajstić information content (AvgIpc) is 3.16. The van der Waals surface area contributed by atoms with E-state index < -0.39 is 10.0 Å². The van der Waals surface area contributed by atoms with Crippen molar-refractivity contribution in [3.05, 3.63) is 83.3 Å². The van der Waals surface area contributed by atoms with Crippen molar-refractivity contribution in [1.82, 2.24) is 4.31 Å². The van der Waals surface area contributed by atoms with E-state index >= 15 is 0 Å². The number of hydrogen-bond donors (Lipinski definition) is 0. The van der Waals surface area contributed by atoms with Gasteiger partial charge in [0.1, 0.15) is 11.5 Å². The monoisotopic (exact) mass is 385 g/mol. The van der Waals surface area contributed by atoms with Gasteiger partial charge in [0.2, 0.25) is 10.0 Å². The van der Waals surface area contributed by atoms with E-state index in [0.29, 0.717) is 11.5 Å². The van der Waals surface area contributed by atoms with Crippen LogP contribution < -0.4 is 4.74 Å². The number of sulfonamides is 1. The number of aryl methyl sites for hydroxylation is 2. The fraction of sp³-hybridized carbons (Fsp3) is 0.238.